The van der Waals surface area contributed by atoms with E-state index in [1.165, 1.54) is 0 Å². The summed E-state index contributed by atoms with van der Waals surface area (Å²) >= 11 is 0. The number of amides is 2. The standard InChI is InChI=1S/C10H21N3O2/c1-3-6-12-9(14)5-7-13-10(15)8(11)4-2/h8H,3-7,11H2,1-2H3,(H,12,14)(H,13,15). The molecule has 1 unspecified atom stereocenters. The summed E-state index contributed by atoms with van der Waals surface area (Å²) in [7, 11) is 0. The number of hydrogen-bond acceptors (Lipinski definition) is 3. The van der Waals surface area contributed by atoms with E-state index in [0.717, 1.165) is 6.42 Å². The topological polar surface area (TPSA) is 84.2 Å². The fourth-order valence-electron chi connectivity index (χ4n) is 0.969. The highest BCUT2D eigenvalue weighted by Gasteiger charge is 2.10. The van der Waals surface area contributed by atoms with Crippen molar-refractivity contribution in [3.05, 3.63) is 0 Å². The molecule has 0 aliphatic carbocycles. The average molecular weight is 215 g/mol. The molecule has 5 heteroatoms. The van der Waals surface area contributed by atoms with Gasteiger partial charge in [-0.05, 0) is 12.8 Å². The van der Waals surface area contributed by atoms with Crippen LogP contribution in [-0.2, 0) is 9.59 Å². The first-order valence-corrected chi connectivity index (χ1v) is 5.41. The van der Waals surface area contributed by atoms with Crippen LogP contribution in [0.15, 0.2) is 0 Å². The maximum atomic E-state index is 11.2. The second-order valence-electron chi connectivity index (χ2n) is 3.41. The van der Waals surface area contributed by atoms with Crippen LogP contribution in [0.25, 0.3) is 0 Å². The lowest BCUT2D eigenvalue weighted by atomic mass is 10.2. The second kappa shape index (κ2) is 8.23. The summed E-state index contributed by atoms with van der Waals surface area (Å²) < 4.78 is 0. The Kier molecular flexibility index (Phi) is 7.62. The number of hydrogen-bond donors (Lipinski definition) is 3. The van der Waals surface area contributed by atoms with E-state index < -0.39 is 6.04 Å². The van der Waals surface area contributed by atoms with E-state index in [9.17, 15) is 9.59 Å². The first-order chi connectivity index (χ1) is 7.11. The van der Waals surface area contributed by atoms with Gasteiger partial charge in [0.1, 0.15) is 0 Å². The molecule has 0 aliphatic heterocycles. The van der Waals surface area contributed by atoms with Gasteiger partial charge in [-0.25, -0.2) is 0 Å². The Balaban J connectivity index is 3.52. The van der Waals surface area contributed by atoms with Crippen LogP contribution < -0.4 is 16.4 Å². The number of nitrogens with two attached hydrogens (primary N) is 1. The Labute approximate surface area is 90.8 Å². The van der Waals surface area contributed by atoms with E-state index in [-0.39, 0.29) is 11.8 Å². The van der Waals surface area contributed by atoms with Gasteiger partial charge in [0.15, 0.2) is 0 Å². The number of nitrogens with one attached hydrogen (secondary N) is 2. The largest absolute Gasteiger partial charge is 0.356 e. The van der Waals surface area contributed by atoms with Crippen molar-refractivity contribution in [3.8, 4) is 0 Å². The van der Waals surface area contributed by atoms with Gasteiger partial charge in [-0.1, -0.05) is 13.8 Å². The molecule has 0 saturated carbocycles. The third-order valence-electron chi connectivity index (χ3n) is 2.00. The zero-order chi connectivity index (χ0) is 11.7. The van der Waals surface area contributed by atoms with Gasteiger partial charge >= 0.3 is 0 Å². The van der Waals surface area contributed by atoms with Crippen LogP contribution in [-0.4, -0.2) is 30.9 Å². The monoisotopic (exact) mass is 215 g/mol. The highest BCUT2D eigenvalue weighted by molar-refractivity contribution is 5.82. The summed E-state index contributed by atoms with van der Waals surface area (Å²) in [6.45, 7) is 4.86. The van der Waals surface area contributed by atoms with Crippen molar-refractivity contribution < 1.29 is 9.59 Å². The predicted molar refractivity (Wildman–Crippen MR) is 59.2 cm³/mol. The molecule has 0 spiro atoms. The zero-order valence-corrected chi connectivity index (χ0v) is 9.51. The van der Waals surface area contributed by atoms with Crippen LogP contribution in [0.4, 0.5) is 0 Å². The fraction of sp³-hybridized carbons (Fsp3) is 0.800. The molecule has 4 N–H and O–H groups in total. The van der Waals surface area contributed by atoms with Crippen LogP contribution in [0.3, 0.4) is 0 Å². The molecule has 0 fully saturated rings. The number of rotatable bonds is 7. The normalized spacial score (nSPS) is 11.9. The zero-order valence-electron chi connectivity index (χ0n) is 9.51. The highest BCUT2D eigenvalue weighted by atomic mass is 16.2. The van der Waals surface area contributed by atoms with Gasteiger partial charge in [-0.15, -0.1) is 0 Å². The highest BCUT2D eigenvalue weighted by Crippen LogP contribution is 1.86. The molecule has 0 aromatic rings. The summed E-state index contributed by atoms with van der Waals surface area (Å²) in [4.78, 5) is 22.3. The molecule has 88 valence electrons. The molecule has 2 amide bonds. The lowest BCUT2D eigenvalue weighted by Crippen LogP contribution is -2.41. The quantitative estimate of drug-likeness (QED) is 0.548. The third kappa shape index (κ3) is 6.90. The van der Waals surface area contributed by atoms with Crippen molar-refractivity contribution in [2.24, 2.45) is 5.73 Å². The molecule has 15 heavy (non-hydrogen) atoms. The van der Waals surface area contributed by atoms with Gasteiger partial charge in [-0.3, -0.25) is 9.59 Å². The van der Waals surface area contributed by atoms with Crippen LogP contribution >= 0.6 is 0 Å². The van der Waals surface area contributed by atoms with E-state index in [0.29, 0.717) is 25.9 Å². The lowest BCUT2D eigenvalue weighted by Gasteiger charge is -2.09. The van der Waals surface area contributed by atoms with Crippen LogP contribution in [0.1, 0.15) is 33.1 Å². The van der Waals surface area contributed by atoms with Crippen molar-refractivity contribution in [1.82, 2.24) is 10.6 Å². The molecule has 0 rings (SSSR count). The molecule has 0 bridgehead atoms. The Morgan fingerprint density at radius 1 is 1.20 bits per heavy atom. The molecule has 0 aromatic carbocycles. The number of carbonyl (C=O) groups is 2. The van der Waals surface area contributed by atoms with Crippen molar-refractivity contribution in [2.75, 3.05) is 13.1 Å². The first kappa shape index (κ1) is 13.9. The smallest absolute Gasteiger partial charge is 0.236 e. The van der Waals surface area contributed by atoms with Gasteiger partial charge in [0, 0.05) is 19.5 Å². The minimum Gasteiger partial charge on any atom is -0.356 e. The molecule has 0 radical (unpaired) electrons. The van der Waals surface area contributed by atoms with Gasteiger partial charge in [0.25, 0.3) is 0 Å². The van der Waals surface area contributed by atoms with Crippen LogP contribution in [0.5, 0.6) is 0 Å². The van der Waals surface area contributed by atoms with Crippen molar-refractivity contribution in [3.63, 3.8) is 0 Å². The molecular weight excluding hydrogens is 194 g/mol. The summed E-state index contributed by atoms with van der Waals surface area (Å²) in [6, 6.07) is -0.469. The molecule has 0 heterocycles. The summed E-state index contributed by atoms with van der Waals surface area (Å²) in [5.41, 5.74) is 5.50. The summed E-state index contributed by atoms with van der Waals surface area (Å²) in [6.07, 6.45) is 1.83. The Morgan fingerprint density at radius 2 is 1.87 bits per heavy atom. The van der Waals surface area contributed by atoms with Crippen LogP contribution in [0.2, 0.25) is 0 Å². The van der Waals surface area contributed by atoms with E-state index in [2.05, 4.69) is 10.6 Å². The lowest BCUT2D eigenvalue weighted by molar-refractivity contribution is -0.123. The first-order valence-electron chi connectivity index (χ1n) is 5.41. The van der Waals surface area contributed by atoms with E-state index in [1.807, 2.05) is 13.8 Å². The minimum atomic E-state index is -0.469. The Morgan fingerprint density at radius 3 is 2.40 bits per heavy atom. The Hall–Kier alpha value is -1.10. The molecule has 1 atom stereocenters. The fourth-order valence-corrected chi connectivity index (χ4v) is 0.969. The maximum absolute atomic E-state index is 11.2. The van der Waals surface area contributed by atoms with E-state index >= 15 is 0 Å². The third-order valence-corrected chi connectivity index (χ3v) is 2.00. The van der Waals surface area contributed by atoms with Gasteiger partial charge in [-0.2, -0.15) is 0 Å². The molecular formula is C10H21N3O2. The molecule has 5 nitrogen and oxygen atoms in total. The number of carbonyl (C=O) groups excluding carboxylic acids is 2. The van der Waals surface area contributed by atoms with E-state index in [1.54, 1.807) is 0 Å². The van der Waals surface area contributed by atoms with Gasteiger partial charge < -0.3 is 16.4 Å². The molecule has 0 aromatic heterocycles. The van der Waals surface area contributed by atoms with E-state index in [4.69, 9.17) is 5.73 Å². The maximum Gasteiger partial charge on any atom is 0.236 e. The summed E-state index contributed by atoms with van der Waals surface area (Å²) in [5, 5.41) is 5.34. The molecule has 0 aliphatic rings. The predicted octanol–water partition coefficient (Wildman–Crippen LogP) is -0.244. The second-order valence-corrected chi connectivity index (χ2v) is 3.41. The van der Waals surface area contributed by atoms with Crippen LogP contribution in [0, 0.1) is 0 Å². The van der Waals surface area contributed by atoms with Gasteiger partial charge in [0.05, 0.1) is 6.04 Å². The average Bonchev–Trinajstić information content (AvgIpc) is 2.24. The molecule has 0 saturated heterocycles. The minimum absolute atomic E-state index is 0.0396. The Bertz CT molecular complexity index is 207. The van der Waals surface area contributed by atoms with Crippen molar-refractivity contribution in [1.29, 1.82) is 0 Å². The van der Waals surface area contributed by atoms with Gasteiger partial charge in [0.2, 0.25) is 11.8 Å². The SMILES string of the molecule is CCCNC(=O)CCNC(=O)C(N)CC. The summed E-state index contributed by atoms with van der Waals surface area (Å²) in [5.74, 6) is -0.233. The van der Waals surface area contributed by atoms with Crippen molar-refractivity contribution >= 4 is 11.8 Å². The van der Waals surface area contributed by atoms with Crippen molar-refractivity contribution in [2.45, 2.75) is 39.2 Å².